The number of benzene rings is 1. The van der Waals surface area contributed by atoms with Gasteiger partial charge in [-0.25, -0.2) is 0 Å². The maximum atomic E-state index is 12.4. The van der Waals surface area contributed by atoms with E-state index in [4.69, 9.17) is 4.74 Å². The molecule has 0 aliphatic heterocycles. The van der Waals surface area contributed by atoms with Crippen LogP contribution in [0.15, 0.2) is 42.6 Å². The van der Waals surface area contributed by atoms with Crippen LogP contribution in [0.5, 0.6) is 5.75 Å². The topological polar surface area (TPSA) is 56.3 Å². The van der Waals surface area contributed by atoms with Gasteiger partial charge in [0.2, 0.25) is 5.78 Å². The quantitative estimate of drug-likeness (QED) is 0.480. The van der Waals surface area contributed by atoms with Crippen LogP contribution in [0.3, 0.4) is 0 Å². The summed E-state index contributed by atoms with van der Waals surface area (Å²) < 4.78 is 5.04. The molecule has 0 atom stereocenters. The van der Waals surface area contributed by atoms with Gasteiger partial charge in [-0.1, -0.05) is 18.2 Å². The number of nitrogens with zero attached hydrogens (tertiary/aromatic N) is 1. The molecule has 1 aromatic carbocycles. The zero-order chi connectivity index (χ0) is 13.8. The van der Waals surface area contributed by atoms with Gasteiger partial charge < -0.3 is 4.74 Å². The third-order valence-corrected chi connectivity index (χ3v) is 2.61. The molecular formula is C15H13NO3. The summed E-state index contributed by atoms with van der Waals surface area (Å²) in [7, 11) is 0. The number of para-hydroxylation sites is 1. The van der Waals surface area contributed by atoms with Crippen molar-refractivity contribution in [3.05, 3.63) is 59.4 Å². The highest BCUT2D eigenvalue weighted by atomic mass is 16.5. The molecule has 0 saturated carbocycles. The van der Waals surface area contributed by atoms with Gasteiger partial charge in [-0.2, -0.15) is 0 Å². The van der Waals surface area contributed by atoms with Gasteiger partial charge in [-0.3, -0.25) is 14.6 Å². The number of hydrogen-bond donors (Lipinski definition) is 0. The number of aromatic nitrogens is 1. The molecule has 96 valence electrons. The van der Waals surface area contributed by atoms with Crippen LogP contribution >= 0.6 is 0 Å². The zero-order valence-corrected chi connectivity index (χ0v) is 10.7. The summed E-state index contributed by atoms with van der Waals surface area (Å²) in [5.41, 5.74) is 1.48. The zero-order valence-electron chi connectivity index (χ0n) is 10.7. The van der Waals surface area contributed by atoms with Gasteiger partial charge in [0.25, 0.3) is 0 Å². The lowest BCUT2D eigenvalue weighted by Crippen LogP contribution is -2.10. The molecule has 19 heavy (non-hydrogen) atoms. The first kappa shape index (κ1) is 13.0. The SMILES string of the molecule is CC(=O)Oc1ccccc1C(=O)c1ncccc1C. The van der Waals surface area contributed by atoms with Crippen molar-refractivity contribution in [2.75, 3.05) is 0 Å². The second kappa shape index (κ2) is 5.44. The van der Waals surface area contributed by atoms with Crippen LogP contribution < -0.4 is 4.74 Å². The number of hydrogen-bond acceptors (Lipinski definition) is 4. The van der Waals surface area contributed by atoms with Crippen LogP contribution in [0, 0.1) is 6.92 Å². The molecule has 0 amide bonds. The maximum absolute atomic E-state index is 12.4. The molecule has 0 bridgehead atoms. The van der Waals surface area contributed by atoms with E-state index in [0.29, 0.717) is 11.3 Å². The van der Waals surface area contributed by atoms with Gasteiger partial charge in [-0.15, -0.1) is 0 Å². The van der Waals surface area contributed by atoms with Crippen LogP contribution in [-0.4, -0.2) is 16.7 Å². The van der Waals surface area contributed by atoms with Gasteiger partial charge >= 0.3 is 5.97 Å². The first-order valence-corrected chi connectivity index (χ1v) is 5.83. The Morgan fingerprint density at radius 2 is 1.84 bits per heavy atom. The van der Waals surface area contributed by atoms with Crippen LogP contribution in [0.1, 0.15) is 28.5 Å². The molecule has 0 aliphatic carbocycles. The largest absolute Gasteiger partial charge is 0.426 e. The Hall–Kier alpha value is -2.49. The fraction of sp³-hybridized carbons (Fsp3) is 0.133. The summed E-state index contributed by atoms with van der Waals surface area (Å²) in [4.78, 5) is 27.5. The molecule has 2 rings (SSSR count). The Labute approximate surface area is 111 Å². The highest BCUT2D eigenvalue weighted by Crippen LogP contribution is 2.22. The van der Waals surface area contributed by atoms with E-state index in [1.165, 1.54) is 6.92 Å². The van der Waals surface area contributed by atoms with Gasteiger partial charge in [0.15, 0.2) is 0 Å². The Balaban J connectivity index is 2.45. The average molecular weight is 255 g/mol. The minimum atomic E-state index is -0.460. The predicted octanol–water partition coefficient (Wildman–Crippen LogP) is 2.55. The average Bonchev–Trinajstić information content (AvgIpc) is 2.38. The van der Waals surface area contributed by atoms with E-state index in [1.54, 1.807) is 36.5 Å². The number of rotatable bonds is 3. The lowest BCUT2D eigenvalue weighted by Gasteiger charge is -2.08. The van der Waals surface area contributed by atoms with Crippen molar-refractivity contribution in [1.82, 2.24) is 4.98 Å². The van der Waals surface area contributed by atoms with Crippen molar-refractivity contribution in [3.63, 3.8) is 0 Å². The third-order valence-electron chi connectivity index (χ3n) is 2.61. The maximum Gasteiger partial charge on any atom is 0.308 e. The molecule has 0 unspecified atom stereocenters. The van der Waals surface area contributed by atoms with Gasteiger partial charge in [0, 0.05) is 13.1 Å². The highest BCUT2D eigenvalue weighted by molar-refractivity contribution is 6.10. The predicted molar refractivity (Wildman–Crippen MR) is 70.2 cm³/mol. The van der Waals surface area contributed by atoms with Crippen molar-refractivity contribution in [2.45, 2.75) is 13.8 Å². The van der Waals surface area contributed by atoms with E-state index in [0.717, 1.165) is 5.56 Å². The molecule has 4 heteroatoms. The van der Waals surface area contributed by atoms with E-state index >= 15 is 0 Å². The second-order valence-corrected chi connectivity index (χ2v) is 4.09. The molecule has 0 spiro atoms. The number of aryl methyl sites for hydroxylation is 1. The number of esters is 1. The number of ether oxygens (including phenoxy) is 1. The summed E-state index contributed by atoms with van der Waals surface area (Å²) in [5.74, 6) is -0.460. The molecule has 1 heterocycles. The monoisotopic (exact) mass is 255 g/mol. The molecule has 0 radical (unpaired) electrons. The first-order chi connectivity index (χ1) is 9.09. The summed E-state index contributed by atoms with van der Waals surface area (Å²) in [6.07, 6.45) is 1.56. The summed E-state index contributed by atoms with van der Waals surface area (Å²) in [6.45, 7) is 3.11. The van der Waals surface area contributed by atoms with Crippen LogP contribution in [0.25, 0.3) is 0 Å². The lowest BCUT2D eigenvalue weighted by atomic mass is 10.0. The Kier molecular flexibility index (Phi) is 3.71. The Morgan fingerprint density at radius 1 is 1.11 bits per heavy atom. The smallest absolute Gasteiger partial charge is 0.308 e. The van der Waals surface area contributed by atoms with Gasteiger partial charge in [-0.05, 0) is 30.7 Å². The van der Waals surface area contributed by atoms with E-state index in [9.17, 15) is 9.59 Å². The van der Waals surface area contributed by atoms with Gasteiger partial charge in [0.05, 0.1) is 5.56 Å². The standard InChI is InChI=1S/C15H13NO3/c1-10-6-5-9-16-14(10)15(18)12-7-3-4-8-13(12)19-11(2)17/h3-9H,1-2H3. The Morgan fingerprint density at radius 3 is 2.53 bits per heavy atom. The minimum Gasteiger partial charge on any atom is -0.426 e. The van der Waals surface area contributed by atoms with Crippen molar-refractivity contribution in [2.24, 2.45) is 0 Å². The van der Waals surface area contributed by atoms with Gasteiger partial charge in [0.1, 0.15) is 11.4 Å². The Bertz CT molecular complexity index is 635. The lowest BCUT2D eigenvalue weighted by molar-refractivity contribution is -0.131. The highest BCUT2D eigenvalue weighted by Gasteiger charge is 2.17. The van der Waals surface area contributed by atoms with E-state index in [1.807, 2.05) is 13.0 Å². The van der Waals surface area contributed by atoms with Crippen molar-refractivity contribution in [3.8, 4) is 5.75 Å². The summed E-state index contributed by atoms with van der Waals surface area (Å²) >= 11 is 0. The summed E-state index contributed by atoms with van der Waals surface area (Å²) in [6, 6.07) is 10.2. The molecule has 4 nitrogen and oxygen atoms in total. The molecule has 2 aromatic rings. The van der Waals surface area contributed by atoms with Crippen LogP contribution in [0.2, 0.25) is 0 Å². The van der Waals surface area contributed by atoms with E-state index in [-0.39, 0.29) is 11.5 Å². The van der Waals surface area contributed by atoms with E-state index < -0.39 is 5.97 Å². The normalized spacial score (nSPS) is 10.0. The molecule has 0 aliphatic rings. The molecule has 0 fully saturated rings. The summed E-state index contributed by atoms with van der Waals surface area (Å²) in [5, 5.41) is 0. The van der Waals surface area contributed by atoms with Crippen LogP contribution in [0.4, 0.5) is 0 Å². The number of ketones is 1. The van der Waals surface area contributed by atoms with Crippen molar-refractivity contribution in [1.29, 1.82) is 0 Å². The fourth-order valence-corrected chi connectivity index (χ4v) is 1.75. The second-order valence-electron chi connectivity index (χ2n) is 4.09. The third kappa shape index (κ3) is 2.85. The first-order valence-electron chi connectivity index (χ1n) is 5.83. The van der Waals surface area contributed by atoms with Crippen LogP contribution in [-0.2, 0) is 4.79 Å². The molecule has 0 saturated heterocycles. The number of pyridine rings is 1. The van der Waals surface area contributed by atoms with E-state index in [2.05, 4.69) is 4.98 Å². The molecule has 0 N–H and O–H groups in total. The number of carbonyl (C=O) groups excluding carboxylic acids is 2. The van der Waals surface area contributed by atoms with Crippen molar-refractivity contribution < 1.29 is 14.3 Å². The van der Waals surface area contributed by atoms with Crippen molar-refractivity contribution >= 4 is 11.8 Å². The fourth-order valence-electron chi connectivity index (χ4n) is 1.75. The molecule has 1 aromatic heterocycles. The molecular weight excluding hydrogens is 242 g/mol. The number of carbonyl (C=O) groups is 2. The minimum absolute atomic E-state index is 0.255.